The van der Waals surface area contributed by atoms with Crippen molar-refractivity contribution < 1.29 is 19.0 Å². The predicted octanol–water partition coefficient (Wildman–Crippen LogP) is 2.36. The Morgan fingerprint density at radius 1 is 1.52 bits per heavy atom. The number of aliphatic hydroxyl groups excluding tert-OH is 1. The lowest BCUT2D eigenvalue weighted by atomic mass is 9.91. The number of aliphatic hydroxyl groups is 1. The largest absolute Gasteiger partial charge is 0.481 e. The topological polar surface area (TPSA) is 49.8 Å². The molecule has 0 spiro atoms. The van der Waals surface area contributed by atoms with Gasteiger partial charge in [-0.2, -0.15) is 0 Å². The van der Waals surface area contributed by atoms with Crippen molar-refractivity contribution in [3.63, 3.8) is 0 Å². The Labute approximate surface area is 124 Å². The van der Waals surface area contributed by atoms with E-state index in [1.54, 1.807) is 24.0 Å². The number of amides is 1. The molecule has 0 radical (unpaired) electrons. The van der Waals surface area contributed by atoms with Gasteiger partial charge in [0.25, 0.3) is 5.91 Å². The van der Waals surface area contributed by atoms with Crippen LogP contribution in [0.1, 0.15) is 32.6 Å². The van der Waals surface area contributed by atoms with Gasteiger partial charge in [-0.25, -0.2) is 4.39 Å². The van der Waals surface area contributed by atoms with Crippen LogP contribution < -0.4 is 4.74 Å². The summed E-state index contributed by atoms with van der Waals surface area (Å²) in [6.07, 6.45) is 3.04. The smallest absolute Gasteiger partial charge is 0.263 e. The van der Waals surface area contributed by atoms with Crippen molar-refractivity contribution in [1.82, 2.24) is 4.90 Å². The van der Waals surface area contributed by atoms with Gasteiger partial charge in [-0.1, -0.05) is 6.07 Å². The molecule has 0 heterocycles. The number of rotatable bonds is 7. The first kappa shape index (κ1) is 15.8. The minimum absolute atomic E-state index is 0.0651. The van der Waals surface area contributed by atoms with Crippen molar-refractivity contribution in [2.45, 2.75) is 44.8 Å². The fourth-order valence-electron chi connectivity index (χ4n) is 2.44. The Bertz CT molecular complexity index is 476. The Balaban J connectivity index is 1.98. The van der Waals surface area contributed by atoms with E-state index in [1.807, 2.05) is 0 Å². The standard InChI is InChI=1S/C16H22FNO3/c1-12(21-15-8-2-5-13(17)11-15)16(20)18(9-4-10-19)14-6-3-7-14/h2,5,8,11-12,14,19H,3-4,6-7,9-10H2,1H3. The van der Waals surface area contributed by atoms with Crippen LogP contribution in [-0.2, 0) is 4.79 Å². The molecule has 1 N–H and O–H groups in total. The molecular formula is C16H22FNO3. The number of ether oxygens (including phenoxy) is 1. The van der Waals surface area contributed by atoms with Crippen LogP contribution in [0.3, 0.4) is 0 Å². The molecule has 1 aliphatic rings. The maximum atomic E-state index is 13.1. The lowest BCUT2D eigenvalue weighted by Gasteiger charge is -2.38. The summed E-state index contributed by atoms with van der Waals surface area (Å²) in [6, 6.07) is 6.04. The van der Waals surface area contributed by atoms with Crippen LogP contribution in [-0.4, -0.2) is 41.2 Å². The minimum Gasteiger partial charge on any atom is -0.481 e. The van der Waals surface area contributed by atoms with Gasteiger partial charge in [0.05, 0.1) is 0 Å². The molecule has 4 nitrogen and oxygen atoms in total. The van der Waals surface area contributed by atoms with E-state index in [9.17, 15) is 9.18 Å². The van der Waals surface area contributed by atoms with Gasteiger partial charge in [0.1, 0.15) is 11.6 Å². The molecule has 1 aliphatic carbocycles. The number of hydrogen-bond acceptors (Lipinski definition) is 3. The van der Waals surface area contributed by atoms with Crippen LogP contribution in [0, 0.1) is 5.82 Å². The van der Waals surface area contributed by atoms with E-state index in [2.05, 4.69) is 0 Å². The molecule has 1 aromatic rings. The molecule has 0 saturated heterocycles. The van der Waals surface area contributed by atoms with Gasteiger partial charge in [0, 0.05) is 25.3 Å². The summed E-state index contributed by atoms with van der Waals surface area (Å²) in [7, 11) is 0. The van der Waals surface area contributed by atoms with Crippen LogP contribution in [0.4, 0.5) is 4.39 Å². The summed E-state index contributed by atoms with van der Waals surface area (Å²) in [6.45, 7) is 2.28. The molecule has 0 bridgehead atoms. The Hall–Kier alpha value is -1.62. The van der Waals surface area contributed by atoms with Gasteiger partial charge < -0.3 is 14.7 Å². The first-order valence-corrected chi connectivity index (χ1v) is 7.45. The number of carbonyl (C=O) groups excluding carboxylic acids is 1. The van der Waals surface area contributed by atoms with E-state index in [0.717, 1.165) is 19.3 Å². The monoisotopic (exact) mass is 295 g/mol. The van der Waals surface area contributed by atoms with E-state index in [1.165, 1.54) is 12.1 Å². The van der Waals surface area contributed by atoms with Crippen molar-refractivity contribution in [3.8, 4) is 5.75 Å². The Morgan fingerprint density at radius 2 is 2.29 bits per heavy atom. The Kier molecular flexibility index (Phi) is 5.56. The van der Waals surface area contributed by atoms with Crippen molar-refractivity contribution in [2.75, 3.05) is 13.2 Å². The van der Waals surface area contributed by atoms with Crippen LogP contribution in [0.15, 0.2) is 24.3 Å². The van der Waals surface area contributed by atoms with E-state index in [4.69, 9.17) is 9.84 Å². The van der Waals surface area contributed by atoms with Gasteiger partial charge in [-0.15, -0.1) is 0 Å². The Morgan fingerprint density at radius 3 is 2.86 bits per heavy atom. The molecular weight excluding hydrogens is 273 g/mol. The lowest BCUT2D eigenvalue weighted by Crippen LogP contribution is -2.49. The summed E-state index contributed by atoms with van der Waals surface area (Å²) in [5.41, 5.74) is 0. The molecule has 21 heavy (non-hydrogen) atoms. The first-order valence-electron chi connectivity index (χ1n) is 7.45. The van der Waals surface area contributed by atoms with Crippen molar-refractivity contribution in [3.05, 3.63) is 30.1 Å². The van der Waals surface area contributed by atoms with E-state index >= 15 is 0 Å². The first-order chi connectivity index (χ1) is 10.1. The highest BCUT2D eigenvalue weighted by atomic mass is 19.1. The normalized spacial score (nSPS) is 16.1. The third kappa shape index (κ3) is 4.17. The molecule has 1 unspecified atom stereocenters. The second-order valence-electron chi connectivity index (χ2n) is 5.41. The summed E-state index contributed by atoms with van der Waals surface area (Å²) >= 11 is 0. The highest BCUT2D eigenvalue weighted by Gasteiger charge is 2.31. The van der Waals surface area contributed by atoms with Crippen LogP contribution >= 0.6 is 0 Å². The quantitative estimate of drug-likeness (QED) is 0.840. The van der Waals surface area contributed by atoms with E-state index in [-0.39, 0.29) is 24.4 Å². The zero-order valence-electron chi connectivity index (χ0n) is 12.3. The predicted molar refractivity (Wildman–Crippen MR) is 77.5 cm³/mol. The summed E-state index contributed by atoms with van der Waals surface area (Å²) < 4.78 is 18.7. The van der Waals surface area contributed by atoms with Gasteiger partial charge in [-0.05, 0) is 44.7 Å². The maximum Gasteiger partial charge on any atom is 0.263 e. The third-order valence-electron chi connectivity index (χ3n) is 3.81. The van der Waals surface area contributed by atoms with Crippen LogP contribution in [0.5, 0.6) is 5.75 Å². The van der Waals surface area contributed by atoms with Gasteiger partial charge >= 0.3 is 0 Å². The SMILES string of the molecule is CC(Oc1cccc(F)c1)C(=O)N(CCCO)C1CCC1. The van der Waals surface area contributed by atoms with E-state index in [0.29, 0.717) is 18.7 Å². The van der Waals surface area contributed by atoms with Gasteiger partial charge in [0.15, 0.2) is 6.10 Å². The molecule has 0 aromatic heterocycles. The number of nitrogens with zero attached hydrogens (tertiary/aromatic N) is 1. The number of hydrogen-bond donors (Lipinski definition) is 1. The molecule has 1 aromatic carbocycles. The number of benzene rings is 1. The van der Waals surface area contributed by atoms with Crippen LogP contribution in [0.2, 0.25) is 0 Å². The van der Waals surface area contributed by atoms with Gasteiger partial charge in [0.2, 0.25) is 0 Å². The second-order valence-corrected chi connectivity index (χ2v) is 5.41. The molecule has 5 heteroatoms. The highest BCUT2D eigenvalue weighted by Crippen LogP contribution is 2.26. The van der Waals surface area contributed by atoms with Crippen molar-refractivity contribution >= 4 is 5.91 Å². The van der Waals surface area contributed by atoms with E-state index < -0.39 is 6.10 Å². The number of carbonyl (C=O) groups is 1. The summed E-state index contributed by atoms with van der Waals surface area (Å²) in [4.78, 5) is 14.3. The molecule has 1 saturated carbocycles. The summed E-state index contributed by atoms with van der Waals surface area (Å²) in [5, 5.41) is 8.96. The molecule has 116 valence electrons. The fourth-order valence-corrected chi connectivity index (χ4v) is 2.44. The second kappa shape index (κ2) is 7.41. The number of halogens is 1. The van der Waals surface area contributed by atoms with Crippen molar-refractivity contribution in [1.29, 1.82) is 0 Å². The van der Waals surface area contributed by atoms with Crippen molar-refractivity contribution in [2.24, 2.45) is 0 Å². The zero-order valence-corrected chi connectivity index (χ0v) is 12.3. The minimum atomic E-state index is -0.661. The zero-order chi connectivity index (χ0) is 15.2. The third-order valence-corrected chi connectivity index (χ3v) is 3.81. The lowest BCUT2D eigenvalue weighted by molar-refractivity contribution is -0.142. The fraction of sp³-hybridized carbons (Fsp3) is 0.562. The molecule has 0 aliphatic heterocycles. The average molecular weight is 295 g/mol. The average Bonchev–Trinajstić information content (AvgIpc) is 2.40. The molecule has 1 atom stereocenters. The molecule has 1 fully saturated rings. The maximum absolute atomic E-state index is 13.1. The molecule has 1 amide bonds. The molecule has 2 rings (SSSR count). The summed E-state index contributed by atoms with van der Waals surface area (Å²) in [5.74, 6) is -0.132. The van der Waals surface area contributed by atoms with Gasteiger partial charge in [-0.3, -0.25) is 4.79 Å². The highest BCUT2D eigenvalue weighted by molar-refractivity contribution is 5.81. The van der Waals surface area contributed by atoms with Crippen LogP contribution in [0.25, 0.3) is 0 Å².